The standard InChI is InChI=1S/C27H27NO2/c29-27(26-14-8-7-13-25(26)21-11-5-2-6-12-21)22-15-23-18-30-19-24(16-22)28(23)17-20-9-3-1-4-10-20/h1-14,22-24H,15-19H2. The van der Waals surface area contributed by atoms with Gasteiger partial charge in [-0.25, -0.2) is 0 Å². The largest absolute Gasteiger partial charge is 0.378 e. The highest BCUT2D eigenvalue weighted by Crippen LogP contribution is 2.36. The van der Waals surface area contributed by atoms with Gasteiger partial charge in [-0.15, -0.1) is 0 Å². The molecule has 2 atom stereocenters. The summed E-state index contributed by atoms with van der Waals surface area (Å²) >= 11 is 0. The molecule has 3 aromatic carbocycles. The van der Waals surface area contributed by atoms with Crippen LogP contribution in [-0.2, 0) is 11.3 Å². The molecule has 2 heterocycles. The van der Waals surface area contributed by atoms with E-state index in [1.165, 1.54) is 5.56 Å². The zero-order chi connectivity index (χ0) is 20.3. The molecule has 5 rings (SSSR count). The molecular formula is C27H27NO2. The van der Waals surface area contributed by atoms with Crippen LogP contribution in [0.1, 0.15) is 28.8 Å². The Morgan fingerprint density at radius 1 is 0.800 bits per heavy atom. The van der Waals surface area contributed by atoms with E-state index in [2.05, 4.69) is 53.4 Å². The molecule has 3 nitrogen and oxygen atoms in total. The van der Waals surface area contributed by atoms with Gasteiger partial charge in [0.25, 0.3) is 0 Å². The van der Waals surface area contributed by atoms with Gasteiger partial charge in [0.2, 0.25) is 0 Å². The van der Waals surface area contributed by atoms with Crippen molar-refractivity contribution in [2.75, 3.05) is 13.2 Å². The maximum atomic E-state index is 13.6. The van der Waals surface area contributed by atoms with Crippen molar-refractivity contribution in [3.05, 3.63) is 96.1 Å². The molecule has 0 radical (unpaired) electrons. The maximum Gasteiger partial charge on any atom is 0.166 e. The summed E-state index contributed by atoms with van der Waals surface area (Å²) in [6.07, 6.45) is 1.73. The van der Waals surface area contributed by atoms with E-state index in [1.54, 1.807) is 0 Å². The lowest BCUT2D eigenvalue weighted by Gasteiger charge is -2.48. The minimum atomic E-state index is 0.0563. The molecule has 2 aliphatic heterocycles. The van der Waals surface area contributed by atoms with Crippen molar-refractivity contribution < 1.29 is 9.53 Å². The number of carbonyl (C=O) groups is 1. The summed E-state index contributed by atoms with van der Waals surface area (Å²) in [4.78, 5) is 16.2. The number of ether oxygens (including phenoxy) is 1. The number of fused-ring (bicyclic) bond motifs is 2. The van der Waals surface area contributed by atoms with Crippen LogP contribution in [0.15, 0.2) is 84.9 Å². The third-order valence-corrected chi connectivity index (χ3v) is 6.53. The van der Waals surface area contributed by atoms with Crippen LogP contribution < -0.4 is 0 Å². The second kappa shape index (κ2) is 8.55. The molecule has 152 valence electrons. The van der Waals surface area contributed by atoms with E-state index in [1.807, 2.05) is 36.4 Å². The molecule has 2 unspecified atom stereocenters. The first kappa shape index (κ1) is 19.2. The first-order valence-electron chi connectivity index (χ1n) is 10.9. The molecule has 0 N–H and O–H groups in total. The van der Waals surface area contributed by atoms with Crippen LogP contribution >= 0.6 is 0 Å². The van der Waals surface area contributed by atoms with Crippen LogP contribution in [0.25, 0.3) is 11.1 Å². The normalized spacial score (nSPS) is 23.8. The first-order chi connectivity index (χ1) is 14.8. The molecule has 2 bridgehead atoms. The Morgan fingerprint density at radius 3 is 2.10 bits per heavy atom. The van der Waals surface area contributed by atoms with E-state index in [9.17, 15) is 4.79 Å². The number of piperidine rings is 1. The summed E-state index contributed by atoms with van der Waals surface area (Å²) < 4.78 is 5.88. The van der Waals surface area contributed by atoms with Crippen LogP contribution in [0.3, 0.4) is 0 Å². The van der Waals surface area contributed by atoms with E-state index in [-0.39, 0.29) is 11.7 Å². The van der Waals surface area contributed by atoms with E-state index in [0.29, 0.717) is 25.3 Å². The summed E-state index contributed by atoms with van der Waals surface area (Å²) in [6, 6.07) is 29.5. The van der Waals surface area contributed by atoms with Crippen molar-refractivity contribution in [2.24, 2.45) is 5.92 Å². The second-order valence-corrected chi connectivity index (χ2v) is 8.45. The van der Waals surface area contributed by atoms with Crippen LogP contribution in [0.4, 0.5) is 0 Å². The van der Waals surface area contributed by atoms with Gasteiger partial charge in [-0.3, -0.25) is 9.69 Å². The minimum absolute atomic E-state index is 0.0563. The lowest BCUT2D eigenvalue weighted by molar-refractivity contribution is -0.0872. The number of benzene rings is 3. The topological polar surface area (TPSA) is 29.5 Å². The zero-order valence-corrected chi connectivity index (χ0v) is 17.1. The number of hydrogen-bond acceptors (Lipinski definition) is 3. The monoisotopic (exact) mass is 397 g/mol. The highest BCUT2D eigenvalue weighted by molar-refractivity contribution is 6.03. The third kappa shape index (κ3) is 3.83. The Balaban J connectivity index is 1.38. The van der Waals surface area contributed by atoms with Crippen LogP contribution in [0.2, 0.25) is 0 Å². The van der Waals surface area contributed by atoms with Gasteiger partial charge in [-0.1, -0.05) is 84.9 Å². The molecule has 3 aromatic rings. The Labute approximate surface area is 178 Å². The van der Waals surface area contributed by atoms with E-state index >= 15 is 0 Å². The van der Waals surface area contributed by atoms with Gasteiger partial charge < -0.3 is 4.74 Å². The van der Waals surface area contributed by atoms with E-state index in [0.717, 1.165) is 36.1 Å². The fraction of sp³-hybridized carbons (Fsp3) is 0.296. The maximum absolute atomic E-state index is 13.6. The molecular weight excluding hydrogens is 370 g/mol. The highest BCUT2D eigenvalue weighted by Gasteiger charge is 2.41. The quantitative estimate of drug-likeness (QED) is 0.553. The smallest absolute Gasteiger partial charge is 0.166 e. The van der Waals surface area contributed by atoms with Gasteiger partial charge >= 0.3 is 0 Å². The number of ketones is 1. The van der Waals surface area contributed by atoms with Crippen molar-refractivity contribution in [2.45, 2.75) is 31.5 Å². The fourth-order valence-corrected chi connectivity index (χ4v) is 5.04. The van der Waals surface area contributed by atoms with Crippen LogP contribution in [-0.4, -0.2) is 36.0 Å². The van der Waals surface area contributed by atoms with Gasteiger partial charge in [0.15, 0.2) is 5.78 Å². The predicted molar refractivity (Wildman–Crippen MR) is 119 cm³/mol. The molecule has 0 aliphatic carbocycles. The van der Waals surface area contributed by atoms with Gasteiger partial charge in [0.1, 0.15) is 0 Å². The first-order valence-corrected chi connectivity index (χ1v) is 10.9. The van der Waals surface area contributed by atoms with Gasteiger partial charge in [-0.05, 0) is 29.5 Å². The summed E-state index contributed by atoms with van der Waals surface area (Å²) in [5.74, 6) is 0.339. The molecule has 2 fully saturated rings. The van der Waals surface area contributed by atoms with Crippen molar-refractivity contribution in [3.63, 3.8) is 0 Å². The lowest BCUT2D eigenvalue weighted by atomic mass is 9.79. The van der Waals surface area contributed by atoms with E-state index < -0.39 is 0 Å². The third-order valence-electron chi connectivity index (χ3n) is 6.53. The van der Waals surface area contributed by atoms with Crippen molar-refractivity contribution in [1.29, 1.82) is 0 Å². The SMILES string of the molecule is O=C(c1ccccc1-c1ccccc1)C1CC2COCC(C1)N2Cc1ccccc1. The fourth-order valence-electron chi connectivity index (χ4n) is 5.04. The zero-order valence-electron chi connectivity index (χ0n) is 17.1. The summed E-state index contributed by atoms with van der Waals surface area (Å²) in [6.45, 7) is 2.36. The number of morpholine rings is 1. The van der Waals surface area contributed by atoms with Gasteiger partial charge in [0.05, 0.1) is 13.2 Å². The van der Waals surface area contributed by atoms with Gasteiger partial charge in [0, 0.05) is 30.1 Å². The predicted octanol–water partition coefficient (Wildman–Crippen LogP) is 5.22. The second-order valence-electron chi connectivity index (χ2n) is 8.45. The van der Waals surface area contributed by atoms with Crippen molar-refractivity contribution in [3.8, 4) is 11.1 Å². The van der Waals surface area contributed by atoms with Crippen molar-refractivity contribution in [1.82, 2.24) is 4.90 Å². The average Bonchev–Trinajstić information content (AvgIpc) is 2.80. The highest BCUT2D eigenvalue weighted by atomic mass is 16.5. The van der Waals surface area contributed by atoms with Crippen molar-refractivity contribution >= 4 is 5.78 Å². The Morgan fingerprint density at radius 2 is 1.40 bits per heavy atom. The summed E-state index contributed by atoms with van der Waals surface area (Å²) in [5.41, 5.74) is 4.32. The number of hydrogen-bond donors (Lipinski definition) is 0. The molecule has 2 aliphatic rings. The summed E-state index contributed by atoms with van der Waals surface area (Å²) in [5, 5.41) is 0. The molecule has 30 heavy (non-hydrogen) atoms. The van der Waals surface area contributed by atoms with Crippen LogP contribution in [0, 0.1) is 5.92 Å². The average molecular weight is 398 g/mol. The Bertz CT molecular complexity index is 988. The number of Topliss-reactive ketones (excluding diaryl/α,β-unsaturated/α-hetero) is 1. The molecule has 3 heteroatoms. The number of nitrogens with zero attached hydrogens (tertiary/aromatic N) is 1. The van der Waals surface area contributed by atoms with Gasteiger partial charge in [-0.2, -0.15) is 0 Å². The molecule has 0 aromatic heterocycles. The Hall–Kier alpha value is -2.75. The molecule has 0 amide bonds. The minimum Gasteiger partial charge on any atom is -0.378 e. The lowest BCUT2D eigenvalue weighted by Crippen LogP contribution is -2.57. The Kier molecular flexibility index (Phi) is 5.48. The molecule has 0 saturated carbocycles. The molecule has 0 spiro atoms. The summed E-state index contributed by atoms with van der Waals surface area (Å²) in [7, 11) is 0. The van der Waals surface area contributed by atoms with E-state index in [4.69, 9.17) is 4.74 Å². The number of carbonyl (C=O) groups excluding carboxylic acids is 1. The molecule has 2 saturated heterocycles. The number of rotatable bonds is 5. The van der Waals surface area contributed by atoms with Crippen LogP contribution in [0.5, 0.6) is 0 Å².